The highest BCUT2D eigenvalue weighted by molar-refractivity contribution is 5.72. The lowest BCUT2D eigenvalue weighted by molar-refractivity contribution is -0.146. The summed E-state index contributed by atoms with van der Waals surface area (Å²) < 4.78 is 5.40. The van der Waals surface area contributed by atoms with Crippen LogP contribution in [0, 0.1) is 17.3 Å². The van der Waals surface area contributed by atoms with Crippen LogP contribution in [0.5, 0.6) is 0 Å². The summed E-state index contributed by atoms with van der Waals surface area (Å²) in [7, 11) is 0. The molecular formula is C13H21NO3. The van der Waals surface area contributed by atoms with Crippen molar-refractivity contribution in [1.29, 1.82) is 0 Å². The lowest BCUT2D eigenvalue weighted by atomic mass is 9.72. The second-order valence-electron chi connectivity index (χ2n) is 6.00. The highest BCUT2D eigenvalue weighted by atomic mass is 16.5. The van der Waals surface area contributed by atoms with Gasteiger partial charge in [-0.1, -0.05) is 0 Å². The van der Waals surface area contributed by atoms with E-state index >= 15 is 0 Å². The number of carboxylic acid groups (broad SMARTS) is 1. The zero-order chi connectivity index (χ0) is 11.9. The first-order chi connectivity index (χ1) is 8.20. The van der Waals surface area contributed by atoms with Gasteiger partial charge in [0.25, 0.3) is 0 Å². The number of nitrogens with zero attached hydrogens (tertiary/aromatic N) is 1. The van der Waals surface area contributed by atoms with Crippen LogP contribution in [0.3, 0.4) is 0 Å². The summed E-state index contributed by atoms with van der Waals surface area (Å²) in [6, 6.07) is 0. The van der Waals surface area contributed by atoms with Crippen LogP contribution in [0.15, 0.2) is 0 Å². The molecule has 2 saturated heterocycles. The highest BCUT2D eigenvalue weighted by Crippen LogP contribution is 2.45. The maximum Gasteiger partial charge on any atom is 0.308 e. The SMILES string of the molecule is O=C(O)[C@@H]1CN(CC2CC2)CC12CCOCC2. The molecule has 1 N–H and O–H groups in total. The number of hydrogen-bond donors (Lipinski definition) is 1. The van der Waals surface area contributed by atoms with Crippen LogP contribution in [0.4, 0.5) is 0 Å². The minimum absolute atomic E-state index is 0.00102. The molecule has 0 aromatic heterocycles. The monoisotopic (exact) mass is 239 g/mol. The standard InChI is InChI=1S/C13H21NO3/c15-12(16)11-8-14(7-10-1-2-10)9-13(11)3-5-17-6-4-13/h10-11H,1-9H2,(H,15,16)/t11-/m0/s1. The zero-order valence-corrected chi connectivity index (χ0v) is 10.2. The number of rotatable bonds is 3. The van der Waals surface area contributed by atoms with E-state index < -0.39 is 5.97 Å². The third kappa shape index (κ3) is 2.20. The van der Waals surface area contributed by atoms with E-state index in [-0.39, 0.29) is 11.3 Å². The molecule has 4 heteroatoms. The van der Waals surface area contributed by atoms with Gasteiger partial charge in [-0.05, 0) is 31.6 Å². The Morgan fingerprint density at radius 1 is 1.35 bits per heavy atom. The van der Waals surface area contributed by atoms with Crippen LogP contribution in [0.2, 0.25) is 0 Å². The molecule has 17 heavy (non-hydrogen) atoms. The molecule has 3 aliphatic rings. The molecule has 0 bridgehead atoms. The van der Waals surface area contributed by atoms with Crippen LogP contribution in [-0.2, 0) is 9.53 Å². The fraction of sp³-hybridized carbons (Fsp3) is 0.923. The van der Waals surface area contributed by atoms with Gasteiger partial charge in [0.2, 0.25) is 0 Å². The lowest BCUT2D eigenvalue weighted by Gasteiger charge is -2.36. The van der Waals surface area contributed by atoms with Gasteiger partial charge < -0.3 is 14.7 Å². The molecular weight excluding hydrogens is 218 g/mol. The van der Waals surface area contributed by atoms with E-state index in [1.54, 1.807) is 0 Å². The molecule has 3 fully saturated rings. The largest absolute Gasteiger partial charge is 0.481 e. The number of aliphatic carboxylic acids is 1. The molecule has 0 aromatic rings. The quantitative estimate of drug-likeness (QED) is 0.804. The summed E-state index contributed by atoms with van der Waals surface area (Å²) in [6.45, 7) is 4.32. The third-order valence-corrected chi connectivity index (χ3v) is 4.72. The molecule has 96 valence electrons. The van der Waals surface area contributed by atoms with E-state index in [0.29, 0.717) is 0 Å². The lowest BCUT2D eigenvalue weighted by Crippen LogP contribution is -2.40. The first kappa shape index (κ1) is 11.5. The molecule has 0 aromatic carbocycles. The smallest absolute Gasteiger partial charge is 0.308 e. The van der Waals surface area contributed by atoms with Gasteiger partial charge >= 0.3 is 5.97 Å². The molecule has 4 nitrogen and oxygen atoms in total. The Balaban J connectivity index is 1.72. The summed E-state index contributed by atoms with van der Waals surface area (Å²) >= 11 is 0. The molecule has 3 rings (SSSR count). The van der Waals surface area contributed by atoms with E-state index in [2.05, 4.69) is 4.90 Å². The van der Waals surface area contributed by atoms with Crippen LogP contribution in [0.25, 0.3) is 0 Å². The second kappa shape index (κ2) is 4.25. The minimum atomic E-state index is -0.606. The molecule has 0 amide bonds. The average molecular weight is 239 g/mol. The van der Waals surface area contributed by atoms with Gasteiger partial charge in [-0.2, -0.15) is 0 Å². The topological polar surface area (TPSA) is 49.8 Å². The minimum Gasteiger partial charge on any atom is -0.481 e. The molecule has 2 aliphatic heterocycles. The van der Waals surface area contributed by atoms with Crippen molar-refractivity contribution in [1.82, 2.24) is 4.90 Å². The number of carbonyl (C=O) groups is 1. The summed E-state index contributed by atoms with van der Waals surface area (Å²) in [4.78, 5) is 13.8. The van der Waals surface area contributed by atoms with Crippen LogP contribution in [-0.4, -0.2) is 48.8 Å². The van der Waals surface area contributed by atoms with Crippen LogP contribution in [0.1, 0.15) is 25.7 Å². The van der Waals surface area contributed by atoms with E-state index in [0.717, 1.165) is 51.6 Å². The van der Waals surface area contributed by atoms with Gasteiger partial charge in [-0.15, -0.1) is 0 Å². The maximum absolute atomic E-state index is 11.5. The molecule has 1 aliphatic carbocycles. The summed E-state index contributed by atoms with van der Waals surface area (Å²) in [5, 5.41) is 9.43. The average Bonchev–Trinajstić information content (AvgIpc) is 3.03. The summed E-state index contributed by atoms with van der Waals surface area (Å²) in [6.07, 6.45) is 4.52. The van der Waals surface area contributed by atoms with E-state index in [4.69, 9.17) is 4.74 Å². The van der Waals surface area contributed by atoms with Crippen molar-refractivity contribution in [3.8, 4) is 0 Å². The van der Waals surface area contributed by atoms with Gasteiger partial charge in [-0.3, -0.25) is 4.79 Å². The molecule has 1 saturated carbocycles. The summed E-state index contributed by atoms with van der Waals surface area (Å²) in [5.41, 5.74) is -0.00102. The fourth-order valence-corrected chi connectivity index (χ4v) is 3.50. The van der Waals surface area contributed by atoms with Crippen molar-refractivity contribution < 1.29 is 14.6 Å². The Hall–Kier alpha value is -0.610. The molecule has 0 unspecified atom stereocenters. The molecule has 1 atom stereocenters. The van der Waals surface area contributed by atoms with E-state index in [1.165, 1.54) is 12.8 Å². The molecule has 2 heterocycles. The highest BCUT2D eigenvalue weighted by Gasteiger charge is 2.51. The Morgan fingerprint density at radius 2 is 2.06 bits per heavy atom. The summed E-state index contributed by atoms with van der Waals surface area (Å²) in [5.74, 6) is 0.0646. The van der Waals surface area contributed by atoms with Gasteiger partial charge in [-0.25, -0.2) is 0 Å². The van der Waals surface area contributed by atoms with E-state index in [1.807, 2.05) is 0 Å². The van der Waals surface area contributed by atoms with Crippen molar-refractivity contribution in [3.63, 3.8) is 0 Å². The van der Waals surface area contributed by atoms with Crippen molar-refractivity contribution in [2.24, 2.45) is 17.3 Å². The van der Waals surface area contributed by atoms with Crippen LogP contribution < -0.4 is 0 Å². The number of likely N-dealkylation sites (tertiary alicyclic amines) is 1. The van der Waals surface area contributed by atoms with Crippen molar-refractivity contribution in [2.45, 2.75) is 25.7 Å². The first-order valence-electron chi connectivity index (χ1n) is 6.72. The Labute approximate surface area is 102 Å². The van der Waals surface area contributed by atoms with Gasteiger partial charge in [0.15, 0.2) is 0 Å². The predicted molar refractivity (Wildman–Crippen MR) is 62.8 cm³/mol. The van der Waals surface area contributed by atoms with Crippen LogP contribution >= 0.6 is 0 Å². The number of ether oxygens (including phenoxy) is 1. The van der Waals surface area contributed by atoms with Gasteiger partial charge in [0.05, 0.1) is 5.92 Å². The predicted octanol–water partition coefficient (Wildman–Crippen LogP) is 1.21. The van der Waals surface area contributed by atoms with Crippen molar-refractivity contribution >= 4 is 5.97 Å². The Morgan fingerprint density at radius 3 is 2.65 bits per heavy atom. The fourth-order valence-electron chi connectivity index (χ4n) is 3.50. The van der Waals surface area contributed by atoms with E-state index in [9.17, 15) is 9.90 Å². The molecule has 1 spiro atoms. The Bertz CT molecular complexity index is 308. The van der Waals surface area contributed by atoms with Gasteiger partial charge in [0, 0.05) is 38.3 Å². The normalized spacial score (nSPS) is 33.1. The van der Waals surface area contributed by atoms with Crippen molar-refractivity contribution in [2.75, 3.05) is 32.8 Å². The Kier molecular flexibility index (Phi) is 2.87. The zero-order valence-electron chi connectivity index (χ0n) is 10.2. The third-order valence-electron chi connectivity index (χ3n) is 4.72. The maximum atomic E-state index is 11.5. The van der Waals surface area contributed by atoms with Crippen molar-refractivity contribution in [3.05, 3.63) is 0 Å². The number of hydrogen-bond acceptors (Lipinski definition) is 3. The van der Waals surface area contributed by atoms with Gasteiger partial charge in [0.1, 0.15) is 0 Å². The number of carboxylic acids is 1. The second-order valence-corrected chi connectivity index (χ2v) is 6.00. The molecule has 0 radical (unpaired) electrons. The first-order valence-corrected chi connectivity index (χ1v) is 6.72.